The number of aromatic nitrogens is 1. The molecule has 1 saturated heterocycles. The molecule has 0 atom stereocenters. The molecule has 1 aliphatic heterocycles. The van der Waals surface area contributed by atoms with Gasteiger partial charge in [-0.2, -0.15) is 0 Å². The Bertz CT molecular complexity index is 1150. The molecule has 0 bridgehead atoms. The maximum Gasteiger partial charge on any atom is 0.338 e. The van der Waals surface area contributed by atoms with Crippen LogP contribution in [0.25, 0.3) is 10.9 Å². The first-order valence-corrected chi connectivity index (χ1v) is 11.2. The van der Waals surface area contributed by atoms with Gasteiger partial charge in [0.2, 0.25) is 0 Å². The minimum atomic E-state index is -0.359. The van der Waals surface area contributed by atoms with Crippen molar-refractivity contribution in [2.24, 2.45) is 5.92 Å². The molecule has 2 heterocycles. The molecule has 2 aromatic carbocycles. The van der Waals surface area contributed by atoms with Gasteiger partial charge < -0.3 is 15.0 Å². The van der Waals surface area contributed by atoms with Crippen LogP contribution < -0.4 is 5.32 Å². The van der Waals surface area contributed by atoms with E-state index in [4.69, 9.17) is 4.74 Å². The van der Waals surface area contributed by atoms with Crippen LogP contribution in [0.4, 0.5) is 11.4 Å². The maximum absolute atomic E-state index is 13.2. The molecule has 0 spiro atoms. The van der Waals surface area contributed by atoms with Gasteiger partial charge in [-0.25, -0.2) is 9.78 Å². The first-order chi connectivity index (χ1) is 15.4. The number of rotatable bonds is 5. The number of hydrogen-bond acceptors (Lipinski definition) is 5. The van der Waals surface area contributed by atoms with Crippen molar-refractivity contribution < 1.29 is 14.3 Å². The van der Waals surface area contributed by atoms with Crippen LogP contribution in [-0.2, 0) is 4.74 Å². The van der Waals surface area contributed by atoms with Gasteiger partial charge in [0.15, 0.2) is 0 Å². The largest absolute Gasteiger partial charge is 0.462 e. The molecule has 6 heteroatoms. The number of likely N-dealkylation sites (tertiary alicyclic amines) is 1. The summed E-state index contributed by atoms with van der Waals surface area (Å²) in [5.74, 6) is 0.250. The van der Waals surface area contributed by atoms with Gasteiger partial charge in [0, 0.05) is 24.2 Å². The molecule has 1 amide bonds. The van der Waals surface area contributed by atoms with E-state index >= 15 is 0 Å². The van der Waals surface area contributed by atoms with E-state index in [1.807, 2.05) is 42.2 Å². The zero-order valence-corrected chi connectivity index (χ0v) is 18.9. The summed E-state index contributed by atoms with van der Waals surface area (Å²) in [5.41, 5.74) is 4.30. The standard InChI is InChI=1S/C26H29N3O3/c1-4-32-26(31)19-6-5-7-20(15-19)27-23-16-24(25(30)29-12-10-17(2)11-13-29)28-22-9-8-18(3)14-21(22)23/h5-9,14-17H,4,10-13H2,1-3H3,(H,27,28). The minimum Gasteiger partial charge on any atom is -0.462 e. The molecule has 6 nitrogen and oxygen atoms in total. The summed E-state index contributed by atoms with van der Waals surface area (Å²) in [6.07, 6.45) is 2.04. The molecular weight excluding hydrogens is 402 g/mol. The Labute approximate surface area is 188 Å². The fourth-order valence-corrected chi connectivity index (χ4v) is 4.02. The van der Waals surface area contributed by atoms with Gasteiger partial charge in [-0.15, -0.1) is 0 Å². The Kier molecular flexibility index (Phi) is 6.40. The lowest BCUT2D eigenvalue weighted by atomic mass is 9.99. The molecule has 0 saturated carbocycles. The van der Waals surface area contributed by atoms with Crippen molar-refractivity contribution >= 4 is 34.2 Å². The van der Waals surface area contributed by atoms with E-state index in [0.717, 1.165) is 53.8 Å². The van der Waals surface area contributed by atoms with Crippen LogP contribution in [0.3, 0.4) is 0 Å². The number of ether oxygens (including phenoxy) is 1. The van der Waals surface area contributed by atoms with Crippen LogP contribution >= 0.6 is 0 Å². The molecule has 32 heavy (non-hydrogen) atoms. The van der Waals surface area contributed by atoms with E-state index in [9.17, 15) is 9.59 Å². The summed E-state index contributed by atoms with van der Waals surface area (Å²) in [5, 5.41) is 4.32. The smallest absolute Gasteiger partial charge is 0.338 e. The number of fused-ring (bicyclic) bond motifs is 1. The number of carbonyl (C=O) groups excluding carboxylic acids is 2. The number of nitrogens with zero attached hydrogens (tertiary/aromatic N) is 2. The summed E-state index contributed by atoms with van der Waals surface area (Å²) in [6, 6.07) is 15.0. The second kappa shape index (κ2) is 9.39. The van der Waals surface area contributed by atoms with Gasteiger partial charge in [0.05, 0.1) is 23.4 Å². The quantitative estimate of drug-likeness (QED) is 0.553. The Hall–Kier alpha value is -3.41. The molecule has 1 fully saturated rings. The van der Waals surface area contributed by atoms with Gasteiger partial charge in [0.1, 0.15) is 5.69 Å². The second-order valence-corrected chi connectivity index (χ2v) is 8.48. The van der Waals surface area contributed by atoms with E-state index in [2.05, 4.69) is 23.3 Å². The average Bonchev–Trinajstić information content (AvgIpc) is 2.79. The number of piperidine rings is 1. The molecule has 1 N–H and O–H groups in total. The van der Waals surface area contributed by atoms with Crippen LogP contribution in [0.15, 0.2) is 48.5 Å². The monoisotopic (exact) mass is 431 g/mol. The summed E-state index contributed by atoms with van der Waals surface area (Å²) >= 11 is 0. The fourth-order valence-electron chi connectivity index (χ4n) is 4.02. The number of amides is 1. The molecule has 0 aliphatic carbocycles. The average molecular weight is 432 g/mol. The molecule has 0 radical (unpaired) electrons. The zero-order chi connectivity index (χ0) is 22.7. The minimum absolute atomic E-state index is 0.0392. The number of aryl methyl sites for hydroxylation is 1. The van der Waals surface area contributed by atoms with Crippen LogP contribution in [0, 0.1) is 12.8 Å². The third-order valence-electron chi connectivity index (χ3n) is 5.91. The molecule has 3 aromatic rings. The highest BCUT2D eigenvalue weighted by molar-refractivity contribution is 6.01. The van der Waals surface area contributed by atoms with E-state index in [1.165, 1.54) is 0 Å². The van der Waals surface area contributed by atoms with Crippen molar-refractivity contribution in [1.29, 1.82) is 0 Å². The molecule has 1 aromatic heterocycles. The topological polar surface area (TPSA) is 71.5 Å². The van der Waals surface area contributed by atoms with Gasteiger partial charge in [-0.3, -0.25) is 4.79 Å². The van der Waals surface area contributed by atoms with E-state index in [-0.39, 0.29) is 11.9 Å². The predicted octanol–water partition coefficient (Wildman–Crippen LogP) is 5.34. The molecule has 4 rings (SSSR count). The highest BCUT2D eigenvalue weighted by atomic mass is 16.5. The van der Waals surface area contributed by atoms with Crippen molar-refractivity contribution in [3.63, 3.8) is 0 Å². The highest BCUT2D eigenvalue weighted by Crippen LogP contribution is 2.29. The summed E-state index contributed by atoms with van der Waals surface area (Å²) < 4.78 is 5.12. The Balaban J connectivity index is 1.70. The number of pyridine rings is 1. The van der Waals surface area contributed by atoms with Crippen molar-refractivity contribution in [3.8, 4) is 0 Å². The van der Waals surface area contributed by atoms with Crippen LogP contribution in [0.5, 0.6) is 0 Å². The van der Waals surface area contributed by atoms with Gasteiger partial charge >= 0.3 is 5.97 Å². The molecular formula is C26H29N3O3. The number of esters is 1. The number of benzene rings is 2. The van der Waals surface area contributed by atoms with Crippen molar-refractivity contribution in [2.75, 3.05) is 25.0 Å². The lowest BCUT2D eigenvalue weighted by Gasteiger charge is -2.30. The van der Waals surface area contributed by atoms with Gasteiger partial charge in [-0.1, -0.05) is 24.6 Å². The Morgan fingerprint density at radius 1 is 1.12 bits per heavy atom. The SMILES string of the molecule is CCOC(=O)c1cccc(Nc2cc(C(=O)N3CCC(C)CC3)nc3ccc(C)cc23)c1. The Morgan fingerprint density at radius 3 is 2.66 bits per heavy atom. The van der Waals surface area contributed by atoms with E-state index in [1.54, 1.807) is 19.1 Å². The summed E-state index contributed by atoms with van der Waals surface area (Å²) in [6.45, 7) is 7.89. The highest BCUT2D eigenvalue weighted by Gasteiger charge is 2.23. The lowest BCUT2D eigenvalue weighted by Crippen LogP contribution is -2.38. The second-order valence-electron chi connectivity index (χ2n) is 8.48. The zero-order valence-electron chi connectivity index (χ0n) is 18.9. The van der Waals surface area contributed by atoms with E-state index < -0.39 is 0 Å². The number of anilines is 2. The van der Waals surface area contributed by atoms with Crippen molar-refractivity contribution in [1.82, 2.24) is 9.88 Å². The first-order valence-electron chi connectivity index (χ1n) is 11.2. The Morgan fingerprint density at radius 2 is 1.91 bits per heavy atom. The number of carbonyl (C=O) groups is 2. The molecule has 166 valence electrons. The summed E-state index contributed by atoms with van der Waals surface area (Å²) in [7, 11) is 0. The van der Waals surface area contributed by atoms with Gasteiger partial charge in [-0.05, 0) is 69.0 Å². The third-order valence-corrected chi connectivity index (χ3v) is 5.91. The van der Waals surface area contributed by atoms with Gasteiger partial charge in [0.25, 0.3) is 5.91 Å². The first kappa shape index (κ1) is 21.8. The van der Waals surface area contributed by atoms with Crippen LogP contribution in [0.1, 0.15) is 53.1 Å². The fraction of sp³-hybridized carbons (Fsp3) is 0.346. The van der Waals surface area contributed by atoms with Crippen LogP contribution in [0.2, 0.25) is 0 Å². The van der Waals surface area contributed by atoms with E-state index in [0.29, 0.717) is 23.8 Å². The maximum atomic E-state index is 13.2. The number of nitrogens with one attached hydrogen (secondary N) is 1. The molecule has 0 unspecified atom stereocenters. The normalized spacial score (nSPS) is 14.4. The lowest BCUT2D eigenvalue weighted by molar-refractivity contribution is 0.0526. The third kappa shape index (κ3) is 4.74. The van der Waals surface area contributed by atoms with Crippen LogP contribution in [-0.4, -0.2) is 41.5 Å². The number of hydrogen-bond donors (Lipinski definition) is 1. The summed E-state index contributed by atoms with van der Waals surface area (Å²) in [4.78, 5) is 31.9. The molecule has 1 aliphatic rings. The predicted molar refractivity (Wildman–Crippen MR) is 126 cm³/mol. The van der Waals surface area contributed by atoms with Crippen molar-refractivity contribution in [3.05, 3.63) is 65.4 Å². The van der Waals surface area contributed by atoms with Crippen molar-refractivity contribution in [2.45, 2.75) is 33.6 Å².